The monoisotopic (exact) mass is 216 g/mol. The van der Waals surface area contributed by atoms with Crippen LogP contribution in [0.2, 0.25) is 0 Å². The van der Waals surface area contributed by atoms with Gasteiger partial charge in [0, 0.05) is 5.41 Å². The highest BCUT2D eigenvalue weighted by molar-refractivity contribution is 5.77. The number of carboxylic acid groups (broad SMARTS) is 1. The van der Waals surface area contributed by atoms with Gasteiger partial charge >= 0.3 is 5.97 Å². The predicted molar refractivity (Wildman–Crippen MR) is 61.3 cm³/mol. The molecule has 2 fully saturated rings. The number of carbonyl (C=O) groups is 1. The molecule has 0 aliphatic heterocycles. The van der Waals surface area contributed by atoms with Crippen molar-refractivity contribution < 1.29 is 9.90 Å². The fourth-order valence-corrected chi connectivity index (χ4v) is 3.05. The third kappa shape index (κ3) is 1.29. The third-order valence-electron chi connectivity index (χ3n) is 4.20. The molecule has 1 unspecified atom stereocenters. The van der Waals surface area contributed by atoms with E-state index < -0.39 is 5.97 Å². The number of benzene rings is 1. The second-order valence-corrected chi connectivity index (χ2v) is 5.28. The molecule has 1 aromatic rings. The van der Waals surface area contributed by atoms with E-state index in [9.17, 15) is 9.90 Å². The Labute approximate surface area is 95.3 Å². The van der Waals surface area contributed by atoms with E-state index >= 15 is 0 Å². The van der Waals surface area contributed by atoms with Crippen molar-refractivity contribution in [2.75, 3.05) is 0 Å². The summed E-state index contributed by atoms with van der Waals surface area (Å²) in [6, 6.07) is 8.43. The molecule has 0 bridgehead atoms. The minimum atomic E-state index is -0.618. The highest BCUT2D eigenvalue weighted by Crippen LogP contribution is 2.66. The molecule has 0 heterocycles. The summed E-state index contributed by atoms with van der Waals surface area (Å²) in [5.74, 6) is -0.133. The van der Waals surface area contributed by atoms with Crippen LogP contribution in [-0.2, 0) is 10.2 Å². The molecule has 0 spiro atoms. The third-order valence-corrected chi connectivity index (χ3v) is 4.20. The summed E-state index contributed by atoms with van der Waals surface area (Å²) in [5, 5.41) is 9.18. The lowest BCUT2D eigenvalue weighted by atomic mass is 9.87. The van der Waals surface area contributed by atoms with E-state index in [2.05, 4.69) is 31.2 Å². The van der Waals surface area contributed by atoms with Gasteiger partial charge in [-0.15, -0.1) is 0 Å². The normalized spacial score (nSPS) is 32.4. The maximum atomic E-state index is 11.1. The minimum absolute atomic E-state index is 0.0144. The number of aryl methyl sites for hydroxylation is 1. The van der Waals surface area contributed by atoms with E-state index in [0.29, 0.717) is 5.92 Å². The largest absolute Gasteiger partial charge is 0.481 e. The molecule has 84 valence electrons. The molecule has 2 aliphatic carbocycles. The quantitative estimate of drug-likeness (QED) is 0.843. The molecule has 3 rings (SSSR count). The van der Waals surface area contributed by atoms with Crippen molar-refractivity contribution in [1.82, 2.24) is 0 Å². The molecular formula is C14H16O2. The summed E-state index contributed by atoms with van der Waals surface area (Å²) >= 11 is 0. The maximum absolute atomic E-state index is 11.1. The van der Waals surface area contributed by atoms with Crippen LogP contribution in [0.4, 0.5) is 0 Å². The van der Waals surface area contributed by atoms with Crippen molar-refractivity contribution in [2.24, 2.45) is 11.8 Å². The van der Waals surface area contributed by atoms with E-state index in [0.717, 1.165) is 6.42 Å². The molecule has 2 heteroatoms. The van der Waals surface area contributed by atoms with E-state index in [4.69, 9.17) is 0 Å². The van der Waals surface area contributed by atoms with Crippen molar-refractivity contribution in [2.45, 2.75) is 31.6 Å². The molecule has 0 aromatic heterocycles. The minimum Gasteiger partial charge on any atom is -0.481 e. The van der Waals surface area contributed by atoms with Crippen LogP contribution in [-0.4, -0.2) is 11.1 Å². The molecule has 2 saturated carbocycles. The highest BCUT2D eigenvalue weighted by atomic mass is 16.4. The van der Waals surface area contributed by atoms with Crippen LogP contribution in [0.15, 0.2) is 24.3 Å². The second kappa shape index (κ2) is 3.09. The summed E-state index contributed by atoms with van der Waals surface area (Å²) in [5.41, 5.74) is 2.47. The van der Waals surface area contributed by atoms with Crippen LogP contribution in [0.25, 0.3) is 0 Å². The highest BCUT2D eigenvalue weighted by Gasteiger charge is 2.66. The number of hydrogen-bond acceptors (Lipinski definition) is 1. The lowest BCUT2D eigenvalue weighted by Crippen LogP contribution is -2.17. The Bertz CT molecular complexity index is 431. The number of carboxylic acids is 1. The number of aliphatic carboxylic acids is 1. The standard InChI is InChI=1S/C14H16O2/c1-9-2-4-10(5-3-9)14(11-6-7-11)8-12(14)13(15)16/h2-5,11-12H,6-8H2,1H3,(H,15,16)/t12-,14?/m0/s1. The molecular weight excluding hydrogens is 200 g/mol. The molecule has 16 heavy (non-hydrogen) atoms. The first-order valence-corrected chi connectivity index (χ1v) is 5.94. The summed E-state index contributed by atoms with van der Waals surface area (Å²) in [4.78, 5) is 11.1. The van der Waals surface area contributed by atoms with E-state index in [1.165, 1.54) is 24.0 Å². The van der Waals surface area contributed by atoms with Crippen LogP contribution < -0.4 is 0 Å². The van der Waals surface area contributed by atoms with Crippen molar-refractivity contribution in [3.05, 3.63) is 35.4 Å². The van der Waals surface area contributed by atoms with Crippen molar-refractivity contribution in [3.8, 4) is 0 Å². The van der Waals surface area contributed by atoms with Crippen molar-refractivity contribution in [3.63, 3.8) is 0 Å². The average molecular weight is 216 g/mol. The zero-order valence-corrected chi connectivity index (χ0v) is 9.44. The Morgan fingerprint density at radius 2 is 1.94 bits per heavy atom. The molecule has 0 amide bonds. The van der Waals surface area contributed by atoms with Gasteiger partial charge in [-0.3, -0.25) is 4.79 Å². The van der Waals surface area contributed by atoms with Gasteiger partial charge in [0.05, 0.1) is 5.92 Å². The lowest BCUT2D eigenvalue weighted by molar-refractivity contribution is -0.139. The summed E-state index contributed by atoms with van der Waals surface area (Å²) in [6.07, 6.45) is 3.26. The first-order valence-electron chi connectivity index (χ1n) is 5.94. The van der Waals surface area contributed by atoms with E-state index in [1.807, 2.05) is 0 Å². The smallest absolute Gasteiger partial charge is 0.307 e. The molecule has 2 atom stereocenters. The van der Waals surface area contributed by atoms with Crippen molar-refractivity contribution >= 4 is 5.97 Å². The molecule has 2 aliphatic rings. The molecule has 0 radical (unpaired) electrons. The zero-order chi connectivity index (χ0) is 11.3. The first-order chi connectivity index (χ1) is 7.64. The van der Waals surface area contributed by atoms with Crippen molar-refractivity contribution in [1.29, 1.82) is 0 Å². The molecule has 1 aromatic carbocycles. The van der Waals surface area contributed by atoms with Gasteiger partial charge in [-0.25, -0.2) is 0 Å². The molecule has 1 N–H and O–H groups in total. The first kappa shape index (κ1) is 9.88. The Hall–Kier alpha value is -1.31. The van der Waals surface area contributed by atoms with Crippen LogP contribution in [0.5, 0.6) is 0 Å². The number of rotatable bonds is 3. The van der Waals surface area contributed by atoms with E-state index in [1.54, 1.807) is 0 Å². The number of hydrogen-bond donors (Lipinski definition) is 1. The van der Waals surface area contributed by atoms with Gasteiger partial charge in [0.15, 0.2) is 0 Å². The van der Waals surface area contributed by atoms with Crippen LogP contribution in [0, 0.1) is 18.8 Å². The second-order valence-electron chi connectivity index (χ2n) is 5.28. The summed E-state index contributed by atoms with van der Waals surface area (Å²) in [6.45, 7) is 2.06. The Kier molecular flexibility index (Phi) is 1.91. The Balaban J connectivity index is 1.96. The topological polar surface area (TPSA) is 37.3 Å². The van der Waals surface area contributed by atoms with Crippen LogP contribution in [0.3, 0.4) is 0 Å². The average Bonchev–Trinajstić information content (AvgIpc) is 3.12. The van der Waals surface area contributed by atoms with Crippen LogP contribution >= 0.6 is 0 Å². The summed E-state index contributed by atoms with van der Waals surface area (Å²) in [7, 11) is 0. The van der Waals surface area contributed by atoms with Gasteiger partial charge in [0.1, 0.15) is 0 Å². The maximum Gasteiger partial charge on any atom is 0.307 e. The SMILES string of the molecule is Cc1ccc(C2(C3CC3)C[C@H]2C(=O)O)cc1. The van der Waals surface area contributed by atoms with Gasteiger partial charge in [-0.05, 0) is 37.7 Å². The zero-order valence-electron chi connectivity index (χ0n) is 9.44. The Morgan fingerprint density at radius 1 is 1.31 bits per heavy atom. The van der Waals surface area contributed by atoms with Gasteiger partial charge in [0.2, 0.25) is 0 Å². The Morgan fingerprint density at radius 3 is 2.38 bits per heavy atom. The van der Waals surface area contributed by atoms with Gasteiger partial charge < -0.3 is 5.11 Å². The fraction of sp³-hybridized carbons (Fsp3) is 0.500. The van der Waals surface area contributed by atoms with Crippen LogP contribution in [0.1, 0.15) is 30.4 Å². The lowest BCUT2D eigenvalue weighted by Gasteiger charge is -2.16. The van der Waals surface area contributed by atoms with Gasteiger partial charge in [-0.1, -0.05) is 29.8 Å². The van der Waals surface area contributed by atoms with E-state index in [-0.39, 0.29) is 11.3 Å². The van der Waals surface area contributed by atoms with Gasteiger partial charge in [0.25, 0.3) is 0 Å². The summed E-state index contributed by atoms with van der Waals surface area (Å²) < 4.78 is 0. The fourth-order valence-electron chi connectivity index (χ4n) is 3.05. The molecule has 0 saturated heterocycles. The van der Waals surface area contributed by atoms with Gasteiger partial charge in [-0.2, -0.15) is 0 Å². The predicted octanol–water partition coefficient (Wildman–Crippen LogP) is 2.75. The molecule has 2 nitrogen and oxygen atoms in total.